The van der Waals surface area contributed by atoms with Crippen molar-refractivity contribution in [2.24, 2.45) is 0 Å². The maximum atomic E-state index is 12.7. The van der Waals surface area contributed by atoms with Gasteiger partial charge in [0.05, 0.1) is 10.7 Å². The fourth-order valence-corrected chi connectivity index (χ4v) is 1.24. The van der Waals surface area contributed by atoms with Crippen LogP contribution in [-0.4, -0.2) is 14.8 Å². The maximum absolute atomic E-state index is 12.7. The summed E-state index contributed by atoms with van der Waals surface area (Å²) in [6.45, 7) is 0. The SMILES string of the molecule is Fc1cccc(-n2cc(Br)cn2)n1. The minimum absolute atomic E-state index is 0.464. The molecule has 0 aliphatic heterocycles. The summed E-state index contributed by atoms with van der Waals surface area (Å²) in [5.41, 5.74) is 0. The zero-order valence-electron chi connectivity index (χ0n) is 6.48. The maximum Gasteiger partial charge on any atom is 0.214 e. The van der Waals surface area contributed by atoms with E-state index >= 15 is 0 Å². The van der Waals surface area contributed by atoms with E-state index in [1.807, 2.05) is 0 Å². The third-order valence-corrected chi connectivity index (χ3v) is 1.90. The molecule has 0 spiro atoms. The number of pyridine rings is 1. The summed E-state index contributed by atoms with van der Waals surface area (Å²) in [7, 11) is 0. The van der Waals surface area contributed by atoms with E-state index < -0.39 is 5.95 Å². The number of nitrogens with zero attached hydrogens (tertiary/aromatic N) is 3. The molecule has 0 amide bonds. The Labute approximate surface area is 82.3 Å². The number of hydrogen-bond donors (Lipinski definition) is 0. The largest absolute Gasteiger partial charge is 0.221 e. The molecule has 5 heteroatoms. The van der Waals surface area contributed by atoms with Crippen molar-refractivity contribution in [3.63, 3.8) is 0 Å². The second kappa shape index (κ2) is 3.26. The molecular weight excluding hydrogens is 237 g/mol. The first-order valence-electron chi connectivity index (χ1n) is 3.59. The van der Waals surface area contributed by atoms with Gasteiger partial charge < -0.3 is 0 Å². The molecule has 0 aliphatic rings. The van der Waals surface area contributed by atoms with E-state index in [2.05, 4.69) is 26.0 Å². The smallest absolute Gasteiger partial charge is 0.214 e. The molecule has 0 bridgehead atoms. The van der Waals surface area contributed by atoms with E-state index in [0.29, 0.717) is 5.82 Å². The van der Waals surface area contributed by atoms with Crippen LogP contribution in [0.3, 0.4) is 0 Å². The van der Waals surface area contributed by atoms with Crippen LogP contribution in [0.5, 0.6) is 0 Å². The first kappa shape index (κ1) is 8.37. The molecule has 0 N–H and O–H groups in total. The summed E-state index contributed by atoms with van der Waals surface area (Å²) in [6, 6.07) is 4.57. The molecule has 0 saturated heterocycles. The van der Waals surface area contributed by atoms with E-state index in [1.54, 1.807) is 24.5 Å². The second-order valence-corrected chi connectivity index (χ2v) is 3.34. The fourth-order valence-electron chi connectivity index (χ4n) is 0.951. The van der Waals surface area contributed by atoms with E-state index in [9.17, 15) is 4.39 Å². The summed E-state index contributed by atoms with van der Waals surface area (Å²) < 4.78 is 15.0. The molecule has 2 rings (SSSR count). The van der Waals surface area contributed by atoms with Crippen LogP contribution in [0, 0.1) is 5.95 Å². The zero-order valence-corrected chi connectivity index (χ0v) is 8.07. The first-order chi connectivity index (χ1) is 6.25. The molecule has 0 aromatic carbocycles. The molecule has 3 nitrogen and oxygen atoms in total. The molecule has 2 heterocycles. The van der Waals surface area contributed by atoms with E-state index in [4.69, 9.17) is 0 Å². The van der Waals surface area contributed by atoms with Crippen LogP contribution in [0.1, 0.15) is 0 Å². The Kier molecular flexibility index (Phi) is 2.10. The van der Waals surface area contributed by atoms with Crippen LogP contribution in [0.15, 0.2) is 35.1 Å². The highest BCUT2D eigenvalue weighted by Crippen LogP contribution is 2.10. The number of rotatable bonds is 1. The summed E-state index contributed by atoms with van der Waals surface area (Å²) in [4.78, 5) is 3.67. The first-order valence-corrected chi connectivity index (χ1v) is 4.38. The van der Waals surface area contributed by atoms with Crippen LogP contribution in [0.25, 0.3) is 5.82 Å². The third kappa shape index (κ3) is 1.75. The van der Waals surface area contributed by atoms with Crippen LogP contribution in [0.2, 0.25) is 0 Å². The predicted molar refractivity (Wildman–Crippen MR) is 49.0 cm³/mol. The van der Waals surface area contributed by atoms with Crippen LogP contribution in [0.4, 0.5) is 4.39 Å². The van der Waals surface area contributed by atoms with Crippen molar-refractivity contribution >= 4 is 15.9 Å². The molecule has 0 fully saturated rings. The highest BCUT2D eigenvalue weighted by molar-refractivity contribution is 9.10. The highest BCUT2D eigenvalue weighted by Gasteiger charge is 2.00. The minimum atomic E-state index is -0.510. The average molecular weight is 242 g/mol. The Morgan fingerprint density at radius 1 is 1.38 bits per heavy atom. The van der Waals surface area contributed by atoms with Gasteiger partial charge in [-0.25, -0.2) is 9.67 Å². The normalized spacial score (nSPS) is 10.3. The molecule has 0 atom stereocenters. The van der Waals surface area contributed by atoms with E-state index in [1.165, 1.54) is 10.7 Å². The van der Waals surface area contributed by atoms with Crippen molar-refractivity contribution in [2.75, 3.05) is 0 Å². The van der Waals surface area contributed by atoms with Crippen molar-refractivity contribution in [3.05, 3.63) is 41.0 Å². The number of aromatic nitrogens is 3. The van der Waals surface area contributed by atoms with Gasteiger partial charge in [0, 0.05) is 6.20 Å². The van der Waals surface area contributed by atoms with Gasteiger partial charge in [-0.05, 0) is 28.1 Å². The van der Waals surface area contributed by atoms with Crippen LogP contribution < -0.4 is 0 Å². The quantitative estimate of drug-likeness (QED) is 0.717. The lowest BCUT2D eigenvalue weighted by Gasteiger charge is -1.97. The van der Waals surface area contributed by atoms with E-state index in [-0.39, 0.29) is 0 Å². The molecule has 0 saturated carbocycles. The molecule has 66 valence electrons. The lowest BCUT2D eigenvalue weighted by atomic mass is 10.4. The van der Waals surface area contributed by atoms with Crippen molar-refractivity contribution < 1.29 is 4.39 Å². The number of halogens is 2. The fraction of sp³-hybridized carbons (Fsp3) is 0. The Morgan fingerprint density at radius 3 is 2.85 bits per heavy atom. The van der Waals surface area contributed by atoms with Gasteiger partial charge in [0.15, 0.2) is 5.82 Å². The van der Waals surface area contributed by atoms with Crippen LogP contribution in [-0.2, 0) is 0 Å². The molecular formula is C8H5BrFN3. The molecule has 2 aromatic heterocycles. The monoisotopic (exact) mass is 241 g/mol. The molecule has 2 aromatic rings. The molecule has 13 heavy (non-hydrogen) atoms. The highest BCUT2D eigenvalue weighted by atomic mass is 79.9. The minimum Gasteiger partial charge on any atom is -0.221 e. The van der Waals surface area contributed by atoms with Gasteiger partial charge in [-0.3, -0.25) is 0 Å². The van der Waals surface area contributed by atoms with Crippen molar-refractivity contribution in [1.29, 1.82) is 0 Å². The van der Waals surface area contributed by atoms with Gasteiger partial charge >= 0.3 is 0 Å². The standard InChI is InChI=1S/C8H5BrFN3/c9-6-4-11-13(5-6)8-3-1-2-7(10)12-8/h1-5H. The summed E-state index contributed by atoms with van der Waals surface area (Å²) in [6.07, 6.45) is 3.33. The van der Waals surface area contributed by atoms with Crippen molar-refractivity contribution in [2.45, 2.75) is 0 Å². The lowest BCUT2D eigenvalue weighted by molar-refractivity contribution is 0.577. The Hall–Kier alpha value is -1.23. The van der Waals surface area contributed by atoms with Gasteiger partial charge in [0.2, 0.25) is 5.95 Å². The topological polar surface area (TPSA) is 30.7 Å². The summed E-state index contributed by atoms with van der Waals surface area (Å²) >= 11 is 3.24. The van der Waals surface area contributed by atoms with Gasteiger partial charge in [-0.2, -0.15) is 9.49 Å². The molecule has 0 aliphatic carbocycles. The van der Waals surface area contributed by atoms with Gasteiger partial charge in [0.1, 0.15) is 0 Å². The van der Waals surface area contributed by atoms with E-state index in [0.717, 1.165) is 4.47 Å². The second-order valence-electron chi connectivity index (χ2n) is 2.42. The van der Waals surface area contributed by atoms with Gasteiger partial charge in [-0.15, -0.1) is 0 Å². The molecule has 0 unspecified atom stereocenters. The van der Waals surface area contributed by atoms with Crippen molar-refractivity contribution in [1.82, 2.24) is 14.8 Å². The average Bonchev–Trinajstić information content (AvgIpc) is 2.52. The molecule has 0 radical (unpaired) electrons. The third-order valence-electron chi connectivity index (χ3n) is 1.49. The van der Waals surface area contributed by atoms with Crippen LogP contribution >= 0.6 is 15.9 Å². The number of hydrogen-bond acceptors (Lipinski definition) is 2. The zero-order chi connectivity index (χ0) is 9.26. The Balaban J connectivity index is 2.46. The summed E-state index contributed by atoms with van der Waals surface area (Å²) in [5, 5.41) is 3.97. The summed E-state index contributed by atoms with van der Waals surface area (Å²) in [5.74, 6) is -0.0465. The Bertz CT molecular complexity index is 427. The predicted octanol–water partition coefficient (Wildman–Crippen LogP) is 2.17. The van der Waals surface area contributed by atoms with Crippen molar-refractivity contribution in [3.8, 4) is 5.82 Å². The Morgan fingerprint density at radius 2 is 2.23 bits per heavy atom. The van der Waals surface area contributed by atoms with Gasteiger partial charge in [-0.1, -0.05) is 6.07 Å². The lowest BCUT2D eigenvalue weighted by Crippen LogP contribution is -1.98. The van der Waals surface area contributed by atoms with Gasteiger partial charge in [0.25, 0.3) is 0 Å².